The van der Waals surface area contributed by atoms with Gasteiger partial charge in [-0.1, -0.05) is 19.1 Å². The predicted molar refractivity (Wildman–Crippen MR) is 57.4 cm³/mol. The van der Waals surface area contributed by atoms with Crippen molar-refractivity contribution in [1.82, 2.24) is 0 Å². The van der Waals surface area contributed by atoms with E-state index in [2.05, 4.69) is 4.99 Å². The number of aryl methyl sites for hydroxylation is 1. The van der Waals surface area contributed by atoms with Crippen molar-refractivity contribution >= 4 is 11.7 Å². The smallest absolute Gasteiger partial charge is 0.278 e. The summed E-state index contributed by atoms with van der Waals surface area (Å²) in [5, 5.41) is 0. The van der Waals surface area contributed by atoms with Crippen molar-refractivity contribution in [3.63, 3.8) is 0 Å². The zero-order valence-corrected chi connectivity index (χ0v) is 8.45. The highest BCUT2D eigenvalue weighted by Crippen LogP contribution is 2.07. The number of rotatable bonds is 2. The van der Waals surface area contributed by atoms with Crippen LogP contribution in [0.3, 0.4) is 0 Å². The van der Waals surface area contributed by atoms with Gasteiger partial charge in [-0.15, -0.1) is 0 Å². The lowest BCUT2D eigenvalue weighted by molar-refractivity contribution is 0.100. The second-order valence-corrected chi connectivity index (χ2v) is 3.11. The Balaban J connectivity index is 2.96. The Kier molecular flexibility index (Phi) is 3.40. The predicted octanol–water partition coefficient (Wildman–Crippen LogP) is 1.77. The van der Waals surface area contributed by atoms with Gasteiger partial charge < -0.3 is 5.73 Å². The van der Waals surface area contributed by atoms with Crippen LogP contribution in [-0.4, -0.2) is 11.7 Å². The van der Waals surface area contributed by atoms with E-state index >= 15 is 0 Å². The average Bonchev–Trinajstić information content (AvgIpc) is 2.17. The van der Waals surface area contributed by atoms with Gasteiger partial charge in [0.25, 0.3) is 5.91 Å². The maximum Gasteiger partial charge on any atom is 0.278 e. The summed E-state index contributed by atoms with van der Waals surface area (Å²) in [5.41, 5.74) is 7.05. The van der Waals surface area contributed by atoms with E-state index in [1.165, 1.54) is 0 Å². The first-order valence-corrected chi connectivity index (χ1v) is 4.57. The Hall–Kier alpha value is -1.64. The molecule has 0 aromatic heterocycles. The molecule has 0 heterocycles. The molecule has 0 aliphatic heterocycles. The van der Waals surface area contributed by atoms with Gasteiger partial charge >= 0.3 is 0 Å². The zero-order chi connectivity index (χ0) is 10.6. The summed E-state index contributed by atoms with van der Waals surface area (Å²) in [6.07, 6.45) is 0.909. The molecule has 0 fully saturated rings. The first-order valence-electron chi connectivity index (χ1n) is 4.57. The van der Waals surface area contributed by atoms with Gasteiger partial charge in [0.1, 0.15) is 5.84 Å². The van der Waals surface area contributed by atoms with Gasteiger partial charge in [0.2, 0.25) is 0 Å². The molecule has 3 heteroatoms. The number of benzene rings is 1. The summed E-state index contributed by atoms with van der Waals surface area (Å²) >= 11 is 0. The van der Waals surface area contributed by atoms with Crippen molar-refractivity contribution in [1.29, 1.82) is 0 Å². The highest BCUT2D eigenvalue weighted by atomic mass is 16.1. The Bertz CT molecular complexity index is 365. The van der Waals surface area contributed by atoms with Crippen molar-refractivity contribution in [2.75, 3.05) is 0 Å². The van der Waals surface area contributed by atoms with E-state index in [-0.39, 0.29) is 11.7 Å². The molecule has 1 aromatic rings. The maximum atomic E-state index is 11.5. The fourth-order valence-electron chi connectivity index (χ4n) is 1.15. The Morgan fingerprint density at radius 3 is 2.79 bits per heavy atom. The van der Waals surface area contributed by atoms with Crippen LogP contribution in [0.25, 0.3) is 0 Å². The molecule has 0 radical (unpaired) electrons. The van der Waals surface area contributed by atoms with Crippen LogP contribution in [0.15, 0.2) is 29.3 Å². The fraction of sp³-hybridized carbons (Fsp3) is 0.273. The standard InChI is InChI=1S/C11H14N2O/c1-3-9-5-4-6-10(7-9)11(14)13-8(2)12/h4-7H,3H2,1-2H3,(H2,12,13,14). The molecule has 0 saturated heterocycles. The second kappa shape index (κ2) is 4.56. The molecule has 74 valence electrons. The minimum atomic E-state index is -0.277. The van der Waals surface area contributed by atoms with Gasteiger partial charge in [-0.25, -0.2) is 0 Å². The van der Waals surface area contributed by atoms with Crippen molar-refractivity contribution in [2.45, 2.75) is 20.3 Å². The van der Waals surface area contributed by atoms with Gasteiger partial charge in [-0.2, -0.15) is 4.99 Å². The van der Waals surface area contributed by atoms with Crippen LogP contribution in [-0.2, 0) is 6.42 Å². The Labute approximate surface area is 83.7 Å². The SMILES string of the molecule is CCc1cccc(C(=O)N=C(C)N)c1. The lowest BCUT2D eigenvalue weighted by atomic mass is 10.1. The van der Waals surface area contributed by atoms with Crippen molar-refractivity contribution < 1.29 is 4.79 Å². The van der Waals surface area contributed by atoms with Gasteiger partial charge in [-0.05, 0) is 31.0 Å². The number of nitrogens with zero attached hydrogens (tertiary/aromatic N) is 1. The topological polar surface area (TPSA) is 55.5 Å². The Morgan fingerprint density at radius 2 is 2.21 bits per heavy atom. The zero-order valence-electron chi connectivity index (χ0n) is 8.45. The van der Waals surface area contributed by atoms with Crippen LogP contribution >= 0.6 is 0 Å². The number of aliphatic imine (C=N–C) groups is 1. The molecule has 0 aliphatic carbocycles. The van der Waals surface area contributed by atoms with Crippen LogP contribution in [0.4, 0.5) is 0 Å². The number of hydrogen-bond donors (Lipinski definition) is 1. The highest BCUT2D eigenvalue weighted by molar-refractivity contribution is 6.02. The molecule has 2 N–H and O–H groups in total. The largest absolute Gasteiger partial charge is 0.387 e. The van der Waals surface area contributed by atoms with Crippen molar-refractivity contribution in [3.05, 3.63) is 35.4 Å². The quantitative estimate of drug-likeness (QED) is 0.570. The summed E-state index contributed by atoms with van der Waals surface area (Å²) in [7, 11) is 0. The number of amides is 1. The van der Waals surface area contributed by atoms with Crippen LogP contribution in [0.1, 0.15) is 29.8 Å². The van der Waals surface area contributed by atoms with E-state index in [9.17, 15) is 4.79 Å². The van der Waals surface area contributed by atoms with Crippen LogP contribution in [0.5, 0.6) is 0 Å². The van der Waals surface area contributed by atoms with E-state index in [4.69, 9.17) is 5.73 Å². The third-order valence-electron chi connectivity index (χ3n) is 1.86. The maximum absolute atomic E-state index is 11.5. The molecular weight excluding hydrogens is 176 g/mol. The summed E-state index contributed by atoms with van der Waals surface area (Å²) in [6.45, 7) is 3.64. The normalized spacial score (nSPS) is 11.4. The third-order valence-corrected chi connectivity index (χ3v) is 1.86. The molecule has 1 rings (SSSR count). The van der Waals surface area contributed by atoms with Crippen molar-refractivity contribution in [2.24, 2.45) is 10.7 Å². The summed E-state index contributed by atoms with van der Waals surface area (Å²) in [6, 6.07) is 7.42. The highest BCUT2D eigenvalue weighted by Gasteiger charge is 2.03. The summed E-state index contributed by atoms with van der Waals surface area (Å²) in [4.78, 5) is 15.1. The van der Waals surface area contributed by atoms with E-state index < -0.39 is 0 Å². The minimum Gasteiger partial charge on any atom is -0.387 e. The Morgan fingerprint density at radius 1 is 1.50 bits per heavy atom. The summed E-state index contributed by atoms with van der Waals surface area (Å²) < 4.78 is 0. The second-order valence-electron chi connectivity index (χ2n) is 3.11. The molecule has 1 aromatic carbocycles. The van der Waals surface area contributed by atoms with E-state index in [0.29, 0.717) is 5.56 Å². The first-order chi connectivity index (χ1) is 6.63. The number of carbonyl (C=O) groups is 1. The number of nitrogens with two attached hydrogens (primary N) is 1. The molecule has 1 amide bonds. The van der Waals surface area contributed by atoms with E-state index in [1.807, 2.05) is 25.1 Å². The molecule has 0 bridgehead atoms. The molecule has 14 heavy (non-hydrogen) atoms. The minimum absolute atomic E-state index is 0.277. The molecule has 0 unspecified atom stereocenters. The molecule has 0 aliphatic rings. The van der Waals surface area contributed by atoms with E-state index in [0.717, 1.165) is 12.0 Å². The number of amidine groups is 1. The number of hydrogen-bond acceptors (Lipinski definition) is 1. The molecule has 3 nitrogen and oxygen atoms in total. The summed E-state index contributed by atoms with van der Waals surface area (Å²) in [5.74, 6) is 0.0113. The van der Waals surface area contributed by atoms with Crippen LogP contribution < -0.4 is 5.73 Å². The number of carbonyl (C=O) groups excluding carboxylic acids is 1. The van der Waals surface area contributed by atoms with Crippen LogP contribution in [0, 0.1) is 0 Å². The van der Waals surface area contributed by atoms with Gasteiger partial charge in [0.05, 0.1) is 0 Å². The monoisotopic (exact) mass is 190 g/mol. The van der Waals surface area contributed by atoms with Crippen molar-refractivity contribution in [3.8, 4) is 0 Å². The lowest BCUT2D eigenvalue weighted by Gasteiger charge is -1.99. The van der Waals surface area contributed by atoms with Gasteiger partial charge in [0, 0.05) is 5.56 Å². The van der Waals surface area contributed by atoms with Crippen LogP contribution in [0.2, 0.25) is 0 Å². The molecular formula is C11H14N2O. The lowest BCUT2D eigenvalue weighted by Crippen LogP contribution is -2.09. The molecule has 0 atom stereocenters. The molecule has 0 saturated carbocycles. The average molecular weight is 190 g/mol. The van der Waals surface area contributed by atoms with Gasteiger partial charge in [0.15, 0.2) is 0 Å². The third kappa shape index (κ3) is 2.69. The fourth-order valence-corrected chi connectivity index (χ4v) is 1.15. The first kappa shape index (κ1) is 10.4. The van der Waals surface area contributed by atoms with E-state index in [1.54, 1.807) is 13.0 Å². The molecule has 0 spiro atoms. The van der Waals surface area contributed by atoms with Gasteiger partial charge in [-0.3, -0.25) is 4.79 Å².